The summed E-state index contributed by atoms with van der Waals surface area (Å²) in [6.45, 7) is 1.87. The van der Waals surface area contributed by atoms with Crippen molar-refractivity contribution < 1.29 is 14.3 Å². The van der Waals surface area contributed by atoms with Crippen molar-refractivity contribution in [2.45, 2.75) is 13.3 Å². The first-order valence-electron chi connectivity index (χ1n) is 7.73. The Bertz CT molecular complexity index is 1040. The third-order valence-corrected chi connectivity index (χ3v) is 3.79. The Hall–Kier alpha value is -3.28. The highest BCUT2D eigenvalue weighted by Crippen LogP contribution is 2.19. The summed E-state index contributed by atoms with van der Waals surface area (Å²) in [5.74, 6) is -1.30. The molecule has 0 fully saturated rings. The molecule has 0 saturated carbocycles. The Morgan fingerprint density at radius 1 is 1.28 bits per heavy atom. The quantitative estimate of drug-likeness (QED) is 0.742. The summed E-state index contributed by atoms with van der Waals surface area (Å²) in [7, 11) is 0. The number of carbonyl (C=O) groups is 1. The molecule has 1 aromatic heterocycles. The maximum Gasteiger partial charge on any atom is 0.328 e. The van der Waals surface area contributed by atoms with Crippen LogP contribution < -0.4 is 5.56 Å². The van der Waals surface area contributed by atoms with E-state index in [9.17, 15) is 14.0 Å². The van der Waals surface area contributed by atoms with E-state index in [1.54, 1.807) is 12.1 Å². The zero-order chi connectivity index (χ0) is 18.0. The van der Waals surface area contributed by atoms with Crippen LogP contribution in [0.4, 0.5) is 4.39 Å². The minimum Gasteiger partial charge on any atom is -0.478 e. The fourth-order valence-corrected chi connectivity index (χ4v) is 2.64. The summed E-state index contributed by atoms with van der Waals surface area (Å²) in [5, 5.41) is 8.94. The molecule has 6 heteroatoms. The molecule has 126 valence electrons. The highest BCUT2D eigenvalue weighted by molar-refractivity contribution is 5.87. The molecule has 0 radical (unpaired) electrons. The van der Waals surface area contributed by atoms with Gasteiger partial charge in [-0.1, -0.05) is 25.1 Å². The largest absolute Gasteiger partial charge is 0.478 e. The number of carboxylic acids is 1. The molecule has 0 aliphatic carbocycles. The number of nitrogens with zero attached hydrogens (tertiary/aromatic N) is 2. The van der Waals surface area contributed by atoms with Gasteiger partial charge in [0.1, 0.15) is 11.6 Å². The maximum atomic E-state index is 14.2. The SMILES string of the molecule is CCc1nc2cc(F)c(/C=C/C(=O)O)cc2c(=O)n1-c1ccccc1. The van der Waals surface area contributed by atoms with Gasteiger partial charge in [0, 0.05) is 24.1 Å². The lowest BCUT2D eigenvalue weighted by Gasteiger charge is -2.13. The van der Waals surface area contributed by atoms with Crippen molar-refractivity contribution in [2.24, 2.45) is 0 Å². The van der Waals surface area contributed by atoms with Gasteiger partial charge in [-0.05, 0) is 24.3 Å². The topological polar surface area (TPSA) is 72.2 Å². The third kappa shape index (κ3) is 3.19. The van der Waals surface area contributed by atoms with E-state index in [0.29, 0.717) is 17.9 Å². The second-order valence-corrected chi connectivity index (χ2v) is 5.42. The zero-order valence-electron chi connectivity index (χ0n) is 13.4. The minimum atomic E-state index is -1.19. The molecule has 25 heavy (non-hydrogen) atoms. The normalized spacial score (nSPS) is 11.3. The van der Waals surface area contributed by atoms with Gasteiger partial charge in [0.25, 0.3) is 5.56 Å². The fraction of sp³-hybridized carbons (Fsp3) is 0.105. The molecule has 1 heterocycles. The van der Waals surface area contributed by atoms with Gasteiger partial charge in [-0.25, -0.2) is 14.2 Å². The highest BCUT2D eigenvalue weighted by Gasteiger charge is 2.14. The van der Waals surface area contributed by atoms with Crippen molar-refractivity contribution in [3.8, 4) is 5.69 Å². The van der Waals surface area contributed by atoms with E-state index >= 15 is 0 Å². The van der Waals surface area contributed by atoms with Crippen molar-refractivity contribution in [3.63, 3.8) is 0 Å². The molecule has 0 bridgehead atoms. The summed E-state index contributed by atoms with van der Waals surface area (Å²) >= 11 is 0. The van der Waals surface area contributed by atoms with Gasteiger partial charge in [-0.3, -0.25) is 9.36 Å². The monoisotopic (exact) mass is 338 g/mol. The molecule has 0 aliphatic heterocycles. The second-order valence-electron chi connectivity index (χ2n) is 5.42. The van der Waals surface area contributed by atoms with E-state index in [2.05, 4.69) is 4.98 Å². The van der Waals surface area contributed by atoms with Gasteiger partial charge < -0.3 is 5.11 Å². The van der Waals surface area contributed by atoms with Gasteiger partial charge in [0.2, 0.25) is 0 Å². The summed E-state index contributed by atoms with van der Waals surface area (Å²) in [4.78, 5) is 28.0. The number of rotatable bonds is 4. The predicted molar refractivity (Wildman–Crippen MR) is 93.3 cm³/mol. The number of aliphatic carboxylic acids is 1. The molecule has 0 saturated heterocycles. The van der Waals surface area contributed by atoms with Crippen LogP contribution in [0.5, 0.6) is 0 Å². The number of halogens is 1. The molecule has 0 aliphatic rings. The number of para-hydroxylation sites is 1. The number of fused-ring (bicyclic) bond motifs is 1. The molecule has 3 aromatic rings. The molecular weight excluding hydrogens is 323 g/mol. The number of aryl methyl sites for hydroxylation is 1. The second kappa shape index (κ2) is 6.68. The number of hydrogen-bond donors (Lipinski definition) is 1. The van der Waals surface area contributed by atoms with E-state index < -0.39 is 11.8 Å². The van der Waals surface area contributed by atoms with Gasteiger partial charge in [-0.2, -0.15) is 0 Å². The lowest BCUT2D eigenvalue weighted by Crippen LogP contribution is -2.23. The van der Waals surface area contributed by atoms with Gasteiger partial charge in [0.05, 0.1) is 16.6 Å². The van der Waals surface area contributed by atoms with Gasteiger partial charge in [0.15, 0.2) is 0 Å². The summed E-state index contributed by atoms with van der Waals surface area (Å²) in [5.41, 5.74) is 0.625. The molecule has 0 spiro atoms. The summed E-state index contributed by atoms with van der Waals surface area (Å²) in [6, 6.07) is 11.6. The molecule has 0 atom stereocenters. The number of carboxylic acid groups (broad SMARTS) is 1. The van der Waals surface area contributed by atoms with Crippen molar-refractivity contribution in [3.05, 3.63) is 76.1 Å². The average molecular weight is 338 g/mol. The van der Waals surface area contributed by atoms with E-state index in [-0.39, 0.29) is 22.0 Å². The molecule has 5 nitrogen and oxygen atoms in total. The number of aromatic nitrogens is 2. The van der Waals surface area contributed by atoms with E-state index in [1.165, 1.54) is 10.6 Å². The number of benzene rings is 2. The molecule has 1 N–H and O–H groups in total. The lowest BCUT2D eigenvalue weighted by molar-refractivity contribution is -0.131. The van der Waals surface area contributed by atoms with Crippen LogP contribution in [0.1, 0.15) is 18.3 Å². The highest BCUT2D eigenvalue weighted by atomic mass is 19.1. The number of hydrogen-bond acceptors (Lipinski definition) is 3. The average Bonchev–Trinajstić information content (AvgIpc) is 2.60. The fourth-order valence-electron chi connectivity index (χ4n) is 2.64. The molecular formula is C19H15FN2O3. The molecule has 0 amide bonds. The Balaban J connectivity index is 2.31. The van der Waals surface area contributed by atoms with Crippen molar-refractivity contribution in [1.82, 2.24) is 9.55 Å². The first-order valence-corrected chi connectivity index (χ1v) is 7.73. The van der Waals surface area contributed by atoms with Crippen molar-refractivity contribution in [2.75, 3.05) is 0 Å². The van der Waals surface area contributed by atoms with Crippen LogP contribution >= 0.6 is 0 Å². The Morgan fingerprint density at radius 3 is 2.64 bits per heavy atom. The Kier molecular flexibility index (Phi) is 4.43. The maximum absolute atomic E-state index is 14.2. The van der Waals surface area contributed by atoms with Crippen LogP contribution in [0.15, 0.2) is 53.3 Å². The molecule has 0 unspecified atom stereocenters. The van der Waals surface area contributed by atoms with Crippen molar-refractivity contribution in [1.29, 1.82) is 0 Å². The Morgan fingerprint density at radius 2 is 2.00 bits per heavy atom. The van der Waals surface area contributed by atoms with Gasteiger partial charge >= 0.3 is 5.97 Å². The minimum absolute atomic E-state index is 0.0256. The van der Waals surface area contributed by atoms with E-state index in [1.807, 2.05) is 25.1 Å². The summed E-state index contributed by atoms with van der Waals surface area (Å²) in [6.07, 6.45) is 2.45. The van der Waals surface area contributed by atoms with Gasteiger partial charge in [-0.15, -0.1) is 0 Å². The van der Waals surface area contributed by atoms with Crippen LogP contribution in [0.3, 0.4) is 0 Å². The van der Waals surface area contributed by atoms with E-state index in [4.69, 9.17) is 5.11 Å². The van der Waals surface area contributed by atoms with Crippen LogP contribution in [-0.2, 0) is 11.2 Å². The van der Waals surface area contributed by atoms with Crippen LogP contribution in [0, 0.1) is 5.82 Å². The van der Waals surface area contributed by atoms with Crippen LogP contribution in [0.2, 0.25) is 0 Å². The first kappa shape index (κ1) is 16.6. The lowest BCUT2D eigenvalue weighted by atomic mass is 10.1. The van der Waals surface area contributed by atoms with Crippen molar-refractivity contribution >= 4 is 22.9 Å². The molecule has 2 aromatic carbocycles. The molecule has 3 rings (SSSR count). The Labute approximate surface area is 142 Å². The van der Waals surface area contributed by atoms with E-state index in [0.717, 1.165) is 18.2 Å². The first-order chi connectivity index (χ1) is 12.0. The standard InChI is InChI=1S/C19H15FN2O3/c1-2-17-21-16-11-15(20)12(8-9-18(23)24)10-14(16)19(25)22(17)13-6-4-3-5-7-13/h3-11H,2H2,1H3,(H,23,24)/b9-8+. The predicted octanol–water partition coefficient (Wildman–Crippen LogP) is 3.19. The smallest absolute Gasteiger partial charge is 0.328 e. The van der Waals surface area contributed by atoms with Crippen LogP contribution in [0.25, 0.3) is 22.7 Å². The van der Waals surface area contributed by atoms with Crippen LogP contribution in [-0.4, -0.2) is 20.6 Å². The zero-order valence-corrected chi connectivity index (χ0v) is 13.4. The summed E-state index contributed by atoms with van der Waals surface area (Å²) < 4.78 is 15.7. The third-order valence-electron chi connectivity index (χ3n) is 3.79.